The number of allylic oxidation sites excluding steroid dienone is 2. The Balaban J connectivity index is 2.18. The van der Waals surface area contributed by atoms with E-state index in [9.17, 15) is 28.8 Å². The highest BCUT2D eigenvalue weighted by Gasteiger charge is 2.53. The maximum atomic E-state index is 12.8. The molecule has 2 aliphatic heterocycles. The van der Waals surface area contributed by atoms with Crippen molar-refractivity contribution in [3.8, 4) is 0 Å². The van der Waals surface area contributed by atoms with Crippen molar-refractivity contribution < 1.29 is 28.8 Å². The quantitative estimate of drug-likeness (QED) is 0.0990. The van der Waals surface area contributed by atoms with Crippen LogP contribution in [0.1, 0.15) is 39.5 Å². The second kappa shape index (κ2) is 11.6. The van der Waals surface area contributed by atoms with Crippen LogP contribution >= 0.6 is 0 Å². The van der Waals surface area contributed by atoms with E-state index in [0.29, 0.717) is 5.71 Å². The van der Waals surface area contributed by atoms with Gasteiger partial charge in [-0.25, -0.2) is 15.0 Å². The van der Waals surface area contributed by atoms with E-state index in [1.807, 2.05) is 0 Å². The van der Waals surface area contributed by atoms with Gasteiger partial charge in [-0.3, -0.25) is 39.6 Å². The summed E-state index contributed by atoms with van der Waals surface area (Å²) in [7, 11) is 2.52. The van der Waals surface area contributed by atoms with E-state index in [1.54, 1.807) is 6.92 Å². The zero-order valence-electron chi connectivity index (χ0n) is 21.7. The van der Waals surface area contributed by atoms with Crippen molar-refractivity contribution in [1.82, 2.24) is 25.9 Å². The van der Waals surface area contributed by atoms with E-state index in [-0.39, 0.29) is 37.4 Å². The SMILES string of the molecule is C=CCC1(C/C(C)=N/N=C(\N)N/N=C(\C)CC2(CC=C)C(=O)NC(=O)N(C)C2=O)C(=O)NC(=O)N(C)C1=O. The van der Waals surface area contributed by atoms with Gasteiger partial charge in [0.2, 0.25) is 29.6 Å². The van der Waals surface area contributed by atoms with Crippen LogP contribution in [0.3, 0.4) is 0 Å². The first-order valence-corrected chi connectivity index (χ1v) is 11.4. The molecule has 0 bridgehead atoms. The minimum atomic E-state index is -1.62. The average Bonchev–Trinajstić information content (AvgIpc) is 2.86. The maximum Gasteiger partial charge on any atom is 0.330 e. The summed E-state index contributed by atoms with van der Waals surface area (Å²) in [6, 6.07) is -1.65. The van der Waals surface area contributed by atoms with E-state index >= 15 is 0 Å². The number of urea groups is 2. The van der Waals surface area contributed by atoms with Gasteiger partial charge >= 0.3 is 12.1 Å². The molecule has 2 saturated heterocycles. The number of nitrogens with zero attached hydrogens (tertiary/aromatic N) is 5. The molecule has 2 fully saturated rings. The molecule has 0 saturated carbocycles. The molecule has 2 atom stereocenters. The molecule has 0 aliphatic carbocycles. The van der Waals surface area contributed by atoms with E-state index < -0.39 is 46.5 Å². The standard InChI is InChI=1S/C23H31N9O6/c1-7-9-22(15(33)25-20(37)31(5)17(22)35)11-13(3)27-29-19(24)30-28-14(4)12-23(10-8-2)16(34)26-21(38)32(6)18(23)36/h7-8H,1-2,9-12H2,3-6H3,(H3,24,29,30)(H,25,33,37)(H,26,34,38)/b27-13+,28-14+. The van der Waals surface area contributed by atoms with Crippen molar-refractivity contribution in [3.63, 3.8) is 0 Å². The zero-order chi connectivity index (χ0) is 28.8. The van der Waals surface area contributed by atoms with Gasteiger partial charge < -0.3 is 5.73 Å². The first-order chi connectivity index (χ1) is 17.7. The van der Waals surface area contributed by atoms with Crippen molar-refractivity contribution in [2.75, 3.05) is 14.1 Å². The molecule has 204 valence electrons. The minimum absolute atomic E-state index is 0.0330. The Morgan fingerprint density at radius 1 is 0.842 bits per heavy atom. The molecule has 5 N–H and O–H groups in total. The first-order valence-electron chi connectivity index (χ1n) is 11.4. The minimum Gasteiger partial charge on any atom is -0.367 e. The van der Waals surface area contributed by atoms with Crippen LogP contribution in [-0.4, -0.2) is 77.0 Å². The molecule has 0 aromatic rings. The summed E-state index contributed by atoms with van der Waals surface area (Å²) in [5.41, 5.74) is 5.57. The van der Waals surface area contributed by atoms with E-state index in [0.717, 1.165) is 9.80 Å². The molecule has 2 aliphatic rings. The van der Waals surface area contributed by atoms with Gasteiger partial charge in [0.25, 0.3) is 0 Å². The molecule has 0 spiro atoms. The number of barbiturate groups is 2. The van der Waals surface area contributed by atoms with Gasteiger partial charge in [0, 0.05) is 38.4 Å². The third-order valence-electron chi connectivity index (χ3n) is 6.14. The fourth-order valence-electron chi connectivity index (χ4n) is 4.19. The summed E-state index contributed by atoms with van der Waals surface area (Å²) in [4.78, 5) is 76.0. The van der Waals surface area contributed by atoms with Crippen LogP contribution in [0, 0.1) is 10.8 Å². The zero-order valence-corrected chi connectivity index (χ0v) is 21.7. The van der Waals surface area contributed by atoms with Crippen LogP contribution in [-0.2, 0) is 19.2 Å². The highest BCUT2D eigenvalue weighted by Crippen LogP contribution is 2.34. The summed E-state index contributed by atoms with van der Waals surface area (Å²) < 4.78 is 0. The molecule has 38 heavy (non-hydrogen) atoms. The number of imide groups is 4. The van der Waals surface area contributed by atoms with E-state index in [1.165, 1.54) is 33.2 Å². The van der Waals surface area contributed by atoms with Crippen LogP contribution in [0.5, 0.6) is 0 Å². The molecule has 2 heterocycles. The summed E-state index contributed by atoms with van der Waals surface area (Å²) >= 11 is 0. The van der Waals surface area contributed by atoms with Crippen molar-refractivity contribution >= 4 is 53.1 Å². The number of amides is 8. The number of hydrazone groups is 1. The van der Waals surface area contributed by atoms with Crippen LogP contribution in [0.25, 0.3) is 0 Å². The number of hydrogen-bond acceptors (Lipinski definition) is 9. The fourth-order valence-corrected chi connectivity index (χ4v) is 4.19. The molecule has 15 nitrogen and oxygen atoms in total. The summed E-state index contributed by atoms with van der Waals surface area (Å²) in [5, 5.41) is 16.1. The Morgan fingerprint density at radius 3 is 1.68 bits per heavy atom. The molecule has 15 heteroatoms. The van der Waals surface area contributed by atoms with Crippen molar-refractivity contribution in [3.05, 3.63) is 25.3 Å². The van der Waals surface area contributed by atoms with Gasteiger partial charge in [0.05, 0.1) is 0 Å². The topological polar surface area (TPSA) is 208 Å². The molecule has 2 rings (SSSR count). The van der Waals surface area contributed by atoms with Gasteiger partial charge in [-0.05, 0) is 26.7 Å². The lowest BCUT2D eigenvalue weighted by Crippen LogP contribution is -2.63. The Morgan fingerprint density at radius 2 is 1.26 bits per heavy atom. The van der Waals surface area contributed by atoms with Crippen molar-refractivity contribution in [2.24, 2.45) is 31.9 Å². The van der Waals surface area contributed by atoms with Gasteiger partial charge in [-0.15, -0.1) is 18.3 Å². The lowest BCUT2D eigenvalue weighted by atomic mass is 9.76. The Labute approximate surface area is 218 Å². The Hall–Kier alpha value is -4.69. The van der Waals surface area contributed by atoms with Crippen LogP contribution in [0.4, 0.5) is 9.59 Å². The number of rotatable bonds is 10. The van der Waals surface area contributed by atoms with Crippen LogP contribution in [0.15, 0.2) is 40.6 Å². The summed E-state index contributed by atoms with van der Waals surface area (Å²) in [6.07, 6.45) is 2.43. The molecule has 2 unspecified atom stereocenters. The van der Waals surface area contributed by atoms with Gasteiger partial charge in [0.1, 0.15) is 10.8 Å². The van der Waals surface area contributed by atoms with Crippen molar-refractivity contribution in [2.45, 2.75) is 39.5 Å². The summed E-state index contributed by atoms with van der Waals surface area (Å²) in [5.74, 6) is -3.18. The highest BCUT2D eigenvalue weighted by atomic mass is 16.2. The molecule has 0 radical (unpaired) electrons. The monoisotopic (exact) mass is 529 g/mol. The third kappa shape index (κ3) is 5.66. The average molecular weight is 530 g/mol. The second-order valence-electron chi connectivity index (χ2n) is 9.03. The molecular formula is C23H31N9O6. The highest BCUT2D eigenvalue weighted by molar-refractivity contribution is 6.21. The number of carbonyl (C=O) groups is 6. The molecular weight excluding hydrogens is 498 g/mol. The fraction of sp³-hybridized carbons (Fsp3) is 0.435. The van der Waals surface area contributed by atoms with Gasteiger partial charge in [0.15, 0.2) is 0 Å². The summed E-state index contributed by atoms with van der Waals surface area (Å²) in [6.45, 7) is 10.3. The number of nitrogens with one attached hydrogen (secondary N) is 3. The third-order valence-corrected chi connectivity index (χ3v) is 6.14. The largest absolute Gasteiger partial charge is 0.367 e. The van der Waals surface area contributed by atoms with Gasteiger partial charge in [-0.2, -0.15) is 10.2 Å². The molecule has 0 aromatic carbocycles. The number of carbonyl (C=O) groups excluding carboxylic acids is 6. The van der Waals surface area contributed by atoms with Gasteiger partial charge in [-0.1, -0.05) is 12.2 Å². The van der Waals surface area contributed by atoms with Crippen LogP contribution < -0.4 is 21.8 Å². The van der Waals surface area contributed by atoms with E-state index in [2.05, 4.69) is 44.5 Å². The Kier molecular flexibility index (Phi) is 9.00. The molecule has 8 amide bonds. The molecule has 0 aromatic heterocycles. The normalized spacial score (nSPS) is 25.3. The smallest absolute Gasteiger partial charge is 0.330 e. The number of hydrogen-bond donors (Lipinski definition) is 4. The first kappa shape index (κ1) is 29.5. The number of guanidine groups is 1. The van der Waals surface area contributed by atoms with Crippen molar-refractivity contribution in [1.29, 1.82) is 0 Å². The lowest BCUT2D eigenvalue weighted by molar-refractivity contribution is -0.151. The Bertz CT molecular complexity index is 1190. The predicted octanol–water partition coefficient (Wildman–Crippen LogP) is -0.0359. The van der Waals surface area contributed by atoms with Crippen LogP contribution in [0.2, 0.25) is 0 Å². The maximum absolute atomic E-state index is 12.8. The van der Waals surface area contributed by atoms with E-state index in [4.69, 9.17) is 5.73 Å². The number of nitrogens with two attached hydrogens (primary N) is 1. The predicted molar refractivity (Wildman–Crippen MR) is 137 cm³/mol. The lowest BCUT2D eigenvalue weighted by Gasteiger charge is -2.37. The second-order valence-corrected chi connectivity index (χ2v) is 9.03.